The van der Waals surface area contributed by atoms with E-state index in [4.69, 9.17) is 0 Å². The number of aliphatic hydroxyl groups is 1. The first-order valence-electron chi connectivity index (χ1n) is 7.18. The molecule has 3 atom stereocenters. The molecule has 1 aromatic rings. The third kappa shape index (κ3) is 2.52. The van der Waals surface area contributed by atoms with Gasteiger partial charge in [0.25, 0.3) is 0 Å². The Kier molecular flexibility index (Phi) is 3.63. The molecule has 1 aliphatic carbocycles. The quantitative estimate of drug-likeness (QED) is 0.883. The monoisotopic (exact) mass is 309 g/mol. The van der Waals surface area contributed by atoms with E-state index >= 15 is 0 Å². The number of carbonyl (C=O) groups is 1. The van der Waals surface area contributed by atoms with Gasteiger partial charge in [0.15, 0.2) is 0 Å². The van der Waals surface area contributed by atoms with Gasteiger partial charge in [-0.2, -0.15) is 4.31 Å². The summed E-state index contributed by atoms with van der Waals surface area (Å²) < 4.78 is 26.7. The Morgan fingerprint density at radius 2 is 1.81 bits per heavy atom. The summed E-state index contributed by atoms with van der Waals surface area (Å²) >= 11 is 0. The summed E-state index contributed by atoms with van der Waals surface area (Å²) in [6.07, 6.45) is 0.431. The summed E-state index contributed by atoms with van der Waals surface area (Å²) in [7, 11) is -3.60. The number of hydrogen-bond donors (Lipinski definition) is 1. The average molecular weight is 309 g/mol. The molecule has 0 aromatic heterocycles. The van der Waals surface area contributed by atoms with Crippen LogP contribution in [0.15, 0.2) is 29.2 Å². The van der Waals surface area contributed by atoms with Crippen LogP contribution in [-0.4, -0.2) is 42.8 Å². The van der Waals surface area contributed by atoms with E-state index in [-0.39, 0.29) is 29.7 Å². The van der Waals surface area contributed by atoms with E-state index in [1.54, 1.807) is 24.3 Å². The van der Waals surface area contributed by atoms with Gasteiger partial charge in [-0.05, 0) is 31.9 Å². The van der Waals surface area contributed by atoms with Crippen molar-refractivity contribution in [3.8, 4) is 0 Å². The maximum Gasteiger partial charge on any atom is 0.243 e. The zero-order chi connectivity index (χ0) is 15.2. The summed E-state index contributed by atoms with van der Waals surface area (Å²) in [5.41, 5.74) is 0.995. The minimum absolute atomic E-state index is 0.0177. The summed E-state index contributed by atoms with van der Waals surface area (Å²) in [5, 5.41) is 9.94. The standard InChI is InChI=1S/C15H19NO4S/c1-10-2-5-12(6-3-10)21(19,20)16-8-11-4-7-14(17)13(9-16)15(11)18/h2-3,5-6,11,13-14,17H,4,7-9H2,1H3. The molecular formula is C15H19NO4S. The van der Waals surface area contributed by atoms with Crippen LogP contribution >= 0.6 is 0 Å². The second kappa shape index (κ2) is 5.19. The van der Waals surface area contributed by atoms with Gasteiger partial charge < -0.3 is 5.11 Å². The molecule has 6 heteroatoms. The molecule has 1 saturated carbocycles. The first-order chi connectivity index (χ1) is 9.89. The number of carbonyl (C=O) groups excluding carboxylic acids is 1. The molecule has 1 saturated heterocycles. The van der Waals surface area contributed by atoms with E-state index in [2.05, 4.69) is 0 Å². The lowest BCUT2D eigenvalue weighted by atomic mass is 9.76. The lowest BCUT2D eigenvalue weighted by Crippen LogP contribution is -2.55. The molecule has 1 aromatic carbocycles. The molecule has 2 aliphatic rings. The zero-order valence-electron chi connectivity index (χ0n) is 11.9. The van der Waals surface area contributed by atoms with Crippen molar-refractivity contribution in [1.29, 1.82) is 0 Å². The summed E-state index contributed by atoms with van der Waals surface area (Å²) in [5.74, 6) is -0.825. The van der Waals surface area contributed by atoms with Crippen LogP contribution in [0.4, 0.5) is 0 Å². The largest absolute Gasteiger partial charge is 0.392 e. The van der Waals surface area contributed by atoms with Gasteiger partial charge in [0, 0.05) is 19.0 Å². The molecule has 0 spiro atoms. The third-order valence-corrected chi connectivity index (χ3v) is 6.37. The van der Waals surface area contributed by atoms with Crippen molar-refractivity contribution < 1.29 is 18.3 Å². The molecule has 5 nitrogen and oxygen atoms in total. The van der Waals surface area contributed by atoms with E-state index in [1.165, 1.54) is 4.31 Å². The molecule has 2 bridgehead atoms. The second-order valence-corrected chi connectivity index (χ2v) is 7.92. The number of benzene rings is 1. The van der Waals surface area contributed by atoms with Crippen LogP contribution in [0, 0.1) is 18.8 Å². The summed E-state index contributed by atoms with van der Waals surface area (Å²) in [6, 6.07) is 6.70. The van der Waals surface area contributed by atoms with E-state index in [1.807, 2.05) is 6.92 Å². The SMILES string of the molecule is Cc1ccc(S(=O)(=O)N2CC3CCC(O)C(C2)C3=O)cc1. The number of piperidine rings is 1. The van der Waals surface area contributed by atoms with Gasteiger partial charge >= 0.3 is 0 Å². The zero-order valence-corrected chi connectivity index (χ0v) is 12.7. The lowest BCUT2D eigenvalue weighted by Gasteiger charge is -2.41. The highest BCUT2D eigenvalue weighted by Crippen LogP contribution is 2.34. The number of hydrogen-bond acceptors (Lipinski definition) is 4. The molecule has 21 heavy (non-hydrogen) atoms. The Balaban J connectivity index is 1.90. The molecule has 3 unspecified atom stereocenters. The van der Waals surface area contributed by atoms with Gasteiger partial charge in [-0.3, -0.25) is 4.79 Å². The highest BCUT2D eigenvalue weighted by molar-refractivity contribution is 7.89. The maximum absolute atomic E-state index is 12.7. The summed E-state index contributed by atoms with van der Waals surface area (Å²) in [6.45, 7) is 2.22. The molecular weight excluding hydrogens is 290 g/mol. The minimum Gasteiger partial charge on any atom is -0.392 e. The van der Waals surface area contributed by atoms with Crippen molar-refractivity contribution in [3.63, 3.8) is 0 Å². The average Bonchev–Trinajstić information content (AvgIpc) is 2.43. The number of aryl methyl sites for hydroxylation is 1. The van der Waals surface area contributed by atoms with Crippen molar-refractivity contribution in [2.75, 3.05) is 13.1 Å². The van der Waals surface area contributed by atoms with Gasteiger partial charge in [-0.25, -0.2) is 8.42 Å². The lowest BCUT2D eigenvalue weighted by molar-refractivity contribution is -0.138. The predicted molar refractivity (Wildman–Crippen MR) is 77.2 cm³/mol. The van der Waals surface area contributed by atoms with Gasteiger partial charge in [0.05, 0.1) is 16.9 Å². The normalized spacial score (nSPS) is 30.4. The first kappa shape index (κ1) is 14.7. The Bertz CT molecular complexity index is 653. The van der Waals surface area contributed by atoms with Crippen molar-refractivity contribution in [3.05, 3.63) is 29.8 Å². The van der Waals surface area contributed by atoms with Crippen LogP contribution < -0.4 is 0 Å². The second-order valence-electron chi connectivity index (χ2n) is 5.99. The number of Topliss-reactive ketones (excluding diaryl/α,β-unsaturated/α-hetero) is 1. The fraction of sp³-hybridized carbons (Fsp3) is 0.533. The Hall–Kier alpha value is -1.24. The number of aliphatic hydroxyl groups excluding tert-OH is 1. The molecule has 1 heterocycles. The molecule has 0 radical (unpaired) electrons. The van der Waals surface area contributed by atoms with Crippen LogP contribution in [0.1, 0.15) is 18.4 Å². The van der Waals surface area contributed by atoms with E-state index in [0.717, 1.165) is 5.56 Å². The number of ketones is 1. The van der Waals surface area contributed by atoms with Crippen molar-refractivity contribution in [1.82, 2.24) is 4.31 Å². The molecule has 2 fully saturated rings. The van der Waals surface area contributed by atoms with Crippen molar-refractivity contribution in [2.45, 2.75) is 30.8 Å². The van der Waals surface area contributed by atoms with Crippen LogP contribution in [0.3, 0.4) is 0 Å². The Morgan fingerprint density at radius 1 is 1.14 bits per heavy atom. The highest BCUT2D eigenvalue weighted by Gasteiger charge is 2.46. The van der Waals surface area contributed by atoms with E-state index in [9.17, 15) is 18.3 Å². The van der Waals surface area contributed by atoms with Crippen LogP contribution in [0.5, 0.6) is 0 Å². The molecule has 3 rings (SSSR count). The number of nitrogens with zero attached hydrogens (tertiary/aromatic N) is 1. The van der Waals surface area contributed by atoms with Gasteiger partial charge in [0.2, 0.25) is 10.0 Å². The fourth-order valence-corrected chi connectivity index (χ4v) is 4.71. The van der Waals surface area contributed by atoms with Crippen LogP contribution in [0.2, 0.25) is 0 Å². The Labute approximate surface area is 124 Å². The van der Waals surface area contributed by atoms with E-state index in [0.29, 0.717) is 12.8 Å². The number of sulfonamides is 1. The molecule has 114 valence electrons. The number of rotatable bonds is 2. The van der Waals surface area contributed by atoms with E-state index < -0.39 is 22.0 Å². The fourth-order valence-electron chi connectivity index (χ4n) is 3.20. The van der Waals surface area contributed by atoms with Gasteiger partial charge in [-0.1, -0.05) is 17.7 Å². The van der Waals surface area contributed by atoms with Crippen LogP contribution in [-0.2, 0) is 14.8 Å². The molecule has 1 N–H and O–H groups in total. The molecule has 1 aliphatic heterocycles. The third-order valence-electron chi connectivity index (χ3n) is 4.53. The Morgan fingerprint density at radius 3 is 2.48 bits per heavy atom. The van der Waals surface area contributed by atoms with Gasteiger partial charge in [-0.15, -0.1) is 0 Å². The van der Waals surface area contributed by atoms with Crippen molar-refractivity contribution >= 4 is 15.8 Å². The predicted octanol–water partition coefficient (Wildman–Crippen LogP) is 0.956. The minimum atomic E-state index is -3.60. The molecule has 0 amide bonds. The first-order valence-corrected chi connectivity index (χ1v) is 8.62. The van der Waals surface area contributed by atoms with Crippen LogP contribution in [0.25, 0.3) is 0 Å². The maximum atomic E-state index is 12.7. The van der Waals surface area contributed by atoms with Crippen molar-refractivity contribution in [2.24, 2.45) is 11.8 Å². The number of fused-ring (bicyclic) bond motifs is 2. The smallest absolute Gasteiger partial charge is 0.243 e. The topological polar surface area (TPSA) is 74.7 Å². The van der Waals surface area contributed by atoms with Gasteiger partial charge in [0.1, 0.15) is 5.78 Å². The highest BCUT2D eigenvalue weighted by atomic mass is 32.2. The summed E-state index contributed by atoms with van der Waals surface area (Å²) in [4.78, 5) is 12.3.